The second-order valence-corrected chi connectivity index (χ2v) is 5.51. The smallest absolute Gasteiger partial charge is 0.326 e. The number of benzene rings is 2. The Kier molecular flexibility index (Phi) is 6.39. The predicted octanol–water partition coefficient (Wildman–Crippen LogP) is 2.06. The number of nitrogens with one attached hydrogen (secondary N) is 1. The van der Waals surface area contributed by atoms with Gasteiger partial charge in [0.05, 0.1) is 20.6 Å². The van der Waals surface area contributed by atoms with Crippen molar-refractivity contribution in [1.29, 1.82) is 0 Å². The molecule has 0 aromatic heterocycles. The molecule has 2 aromatic rings. The molecule has 0 saturated heterocycles. The van der Waals surface area contributed by atoms with E-state index in [9.17, 15) is 14.7 Å². The summed E-state index contributed by atoms with van der Waals surface area (Å²) in [4.78, 5) is 23.6. The number of methoxy groups -OCH3 is 2. The molecule has 6 nitrogen and oxygen atoms in total. The minimum Gasteiger partial charge on any atom is -0.493 e. The Morgan fingerprint density at radius 3 is 2.28 bits per heavy atom. The first-order chi connectivity index (χ1) is 12.0. The summed E-state index contributed by atoms with van der Waals surface area (Å²) < 4.78 is 10.4. The summed E-state index contributed by atoms with van der Waals surface area (Å²) in [7, 11) is 3.04. The van der Waals surface area contributed by atoms with Crippen LogP contribution < -0.4 is 14.8 Å². The highest BCUT2D eigenvalue weighted by Gasteiger charge is 2.21. The van der Waals surface area contributed by atoms with Gasteiger partial charge in [-0.15, -0.1) is 0 Å². The van der Waals surface area contributed by atoms with Gasteiger partial charge in [0.25, 0.3) is 0 Å². The van der Waals surface area contributed by atoms with E-state index in [2.05, 4.69) is 5.32 Å². The van der Waals surface area contributed by atoms with Crippen LogP contribution in [0.1, 0.15) is 11.1 Å². The van der Waals surface area contributed by atoms with Crippen LogP contribution in [0.5, 0.6) is 11.5 Å². The van der Waals surface area contributed by atoms with Crippen molar-refractivity contribution in [1.82, 2.24) is 5.32 Å². The first kappa shape index (κ1) is 18.3. The Morgan fingerprint density at radius 2 is 1.68 bits per heavy atom. The van der Waals surface area contributed by atoms with Crippen molar-refractivity contribution in [3.63, 3.8) is 0 Å². The maximum Gasteiger partial charge on any atom is 0.326 e. The lowest BCUT2D eigenvalue weighted by atomic mass is 10.0. The van der Waals surface area contributed by atoms with Crippen LogP contribution in [0.15, 0.2) is 48.5 Å². The number of carboxylic acid groups (broad SMARTS) is 1. The fraction of sp³-hybridized carbons (Fsp3) is 0.263. The van der Waals surface area contributed by atoms with Crippen LogP contribution >= 0.6 is 0 Å². The second kappa shape index (κ2) is 8.73. The molecule has 2 rings (SSSR count). The van der Waals surface area contributed by atoms with Gasteiger partial charge < -0.3 is 19.9 Å². The van der Waals surface area contributed by atoms with E-state index in [1.807, 2.05) is 30.3 Å². The molecular weight excluding hydrogens is 322 g/mol. The number of aliphatic carboxylic acids is 1. The fourth-order valence-electron chi connectivity index (χ4n) is 2.47. The molecule has 25 heavy (non-hydrogen) atoms. The van der Waals surface area contributed by atoms with E-state index in [1.165, 1.54) is 14.2 Å². The summed E-state index contributed by atoms with van der Waals surface area (Å²) in [5, 5.41) is 12.0. The van der Waals surface area contributed by atoms with Crippen LogP contribution in [0.25, 0.3) is 0 Å². The number of amides is 1. The molecular formula is C19H21NO5. The van der Waals surface area contributed by atoms with Crippen molar-refractivity contribution >= 4 is 11.9 Å². The second-order valence-electron chi connectivity index (χ2n) is 5.51. The maximum atomic E-state index is 12.1. The van der Waals surface area contributed by atoms with Crippen molar-refractivity contribution in [2.45, 2.75) is 18.9 Å². The topological polar surface area (TPSA) is 84.9 Å². The Labute approximate surface area is 146 Å². The molecule has 0 bridgehead atoms. The Balaban J connectivity index is 2.05. The van der Waals surface area contributed by atoms with Gasteiger partial charge in [-0.25, -0.2) is 4.79 Å². The summed E-state index contributed by atoms with van der Waals surface area (Å²) in [5.41, 5.74) is 1.56. The molecule has 1 unspecified atom stereocenters. The maximum absolute atomic E-state index is 12.1. The van der Waals surface area contributed by atoms with Crippen molar-refractivity contribution < 1.29 is 24.2 Å². The van der Waals surface area contributed by atoms with Crippen LogP contribution in [-0.2, 0) is 22.4 Å². The van der Waals surface area contributed by atoms with Crippen molar-refractivity contribution in [2.75, 3.05) is 14.2 Å². The van der Waals surface area contributed by atoms with Crippen molar-refractivity contribution in [2.24, 2.45) is 0 Å². The van der Waals surface area contributed by atoms with Gasteiger partial charge in [-0.3, -0.25) is 4.79 Å². The van der Waals surface area contributed by atoms with Crippen LogP contribution in [0, 0.1) is 0 Å². The van der Waals surface area contributed by atoms with E-state index in [1.54, 1.807) is 18.2 Å². The molecule has 1 amide bonds. The molecule has 0 fully saturated rings. The molecule has 6 heteroatoms. The van der Waals surface area contributed by atoms with Gasteiger partial charge in [-0.1, -0.05) is 36.4 Å². The van der Waals surface area contributed by atoms with Gasteiger partial charge in [-0.2, -0.15) is 0 Å². The Morgan fingerprint density at radius 1 is 1.00 bits per heavy atom. The molecule has 0 saturated carbocycles. The summed E-state index contributed by atoms with van der Waals surface area (Å²) >= 11 is 0. The average Bonchev–Trinajstić information content (AvgIpc) is 2.61. The lowest BCUT2D eigenvalue weighted by Gasteiger charge is -2.16. The zero-order valence-electron chi connectivity index (χ0n) is 14.2. The lowest BCUT2D eigenvalue weighted by Crippen LogP contribution is -2.43. The van der Waals surface area contributed by atoms with Crippen molar-refractivity contribution in [3.8, 4) is 11.5 Å². The molecule has 2 aromatic carbocycles. The van der Waals surface area contributed by atoms with Crippen LogP contribution in [0.3, 0.4) is 0 Å². The van der Waals surface area contributed by atoms with Gasteiger partial charge in [0.15, 0.2) is 11.5 Å². The van der Waals surface area contributed by atoms with E-state index in [0.717, 1.165) is 11.1 Å². The third-order valence-electron chi connectivity index (χ3n) is 3.73. The fourth-order valence-corrected chi connectivity index (χ4v) is 2.47. The molecule has 0 aliphatic rings. The molecule has 0 spiro atoms. The Bertz CT molecular complexity index is 730. The molecule has 0 heterocycles. The number of ether oxygens (including phenoxy) is 2. The minimum absolute atomic E-state index is 0.135. The first-order valence-electron chi connectivity index (χ1n) is 7.80. The molecule has 132 valence electrons. The summed E-state index contributed by atoms with van der Waals surface area (Å²) in [6.45, 7) is 0. The van der Waals surface area contributed by atoms with Gasteiger partial charge in [0, 0.05) is 6.42 Å². The standard InChI is InChI=1S/C19H21NO5/c1-24-16-9-8-14(11-17(16)25-2)10-15(19(22)23)20-18(21)12-13-6-4-3-5-7-13/h3-9,11,15H,10,12H2,1-2H3,(H,20,21)(H,22,23). The number of hydrogen-bond donors (Lipinski definition) is 2. The van der Waals surface area contributed by atoms with Gasteiger partial charge in [0.1, 0.15) is 6.04 Å². The highest BCUT2D eigenvalue weighted by molar-refractivity contribution is 5.85. The zero-order valence-corrected chi connectivity index (χ0v) is 14.2. The van der Waals surface area contributed by atoms with Gasteiger partial charge >= 0.3 is 5.97 Å². The zero-order chi connectivity index (χ0) is 18.2. The number of hydrogen-bond acceptors (Lipinski definition) is 4. The summed E-state index contributed by atoms with van der Waals surface area (Å²) in [6.07, 6.45) is 0.284. The predicted molar refractivity (Wildman–Crippen MR) is 93.0 cm³/mol. The number of carbonyl (C=O) groups excluding carboxylic acids is 1. The summed E-state index contributed by atoms with van der Waals surface area (Å²) in [6, 6.07) is 13.3. The SMILES string of the molecule is COc1ccc(CC(NC(=O)Cc2ccccc2)C(=O)O)cc1OC. The summed E-state index contributed by atoms with van der Waals surface area (Å²) in [5.74, 6) is -0.346. The molecule has 0 aliphatic heterocycles. The molecule has 0 aliphatic carbocycles. The van der Waals surface area contributed by atoms with Crippen LogP contribution in [0.2, 0.25) is 0 Å². The minimum atomic E-state index is -1.09. The molecule has 0 radical (unpaired) electrons. The van der Waals surface area contributed by atoms with E-state index >= 15 is 0 Å². The average molecular weight is 343 g/mol. The first-order valence-corrected chi connectivity index (χ1v) is 7.80. The third kappa shape index (κ3) is 5.24. The van der Waals surface area contributed by atoms with Crippen LogP contribution in [0.4, 0.5) is 0 Å². The van der Waals surface area contributed by atoms with E-state index in [4.69, 9.17) is 9.47 Å². The number of rotatable bonds is 8. The lowest BCUT2D eigenvalue weighted by molar-refractivity contribution is -0.141. The van der Waals surface area contributed by atoms with Gasteiger partial charge in [0.2, 0.25) is 5.91 Å². The highest BCUT2D eigenvalue weighted by Crippen LogP contribution is 2.28. The largest absolute Gasteiger partial charge is 0.493 e. The highest BCUT2D eigenvalue weighted by atomic mass is 16.5. The van der Waals surface area contributed by atoms with Gasteiger partial charge in [-0.05, 0) is 23.3 Å². The molecule has 2 N–H and O–H groups in total. The van der Waals surface area contributed by atoms with E-state index in [0.29, 0.717) is 11.5 Å². The number of carbonyl (C=O) groups is 2. The molecule has 1 atom stereocenters. The quantitative estimate of drug-likeness (QED) is 0.766. The van der Waals surface area contributed by atoms with Crippen molar-refractivity contribution in [3.05, 3.63) is 59.7 Å². The normalized spacial score (nSPS) is 11.4. The monoisotopic (exact) mass is 343 g/mol. The van der Waals surface area contributed by atoms with E-state index in [-0.39, 0.29) is 18.7 Å². The van der Waals surface area contributed by atoms with Crippen LogP contribution in [-0.4, -0.2) is 37.2 Å². The number of carboxylic acids is 1. The third-order valence-corrected chi connectivity index (χ3v) is 3.73. The van der Waals surface area contributed by atoms with E-state index < -0.39 is 12.0 Å². The Hall–Kier alpha value is -3.02.